The lowest BCUT2D eigenvalue weighted by Gasteiger charge is -2.20. The van der Waals surface area contributed by atoms with E-state index >= 15 is 0 Å². The van der Waals surface area contributed by atoms with E-state index in [1.165, 1.54) is 19.2 Å². The molecule has 0 aliphatic rings. The minimum atomic E-state index is -0.540. The standard InChI is InChI=1S/C20H26N4O4/c1-5-23(13-15-6-8-16(9-7-15)22(2)3)14-20(25)21-18-11-10-17(28-4)12-19(18)24(26)27/h6-12H,5,13-14H2,1-4H3,(H,21,25). The number of nitrogens with zero attached hydrogens (tertiary/aromatic N) is 3. The molecule has 0 aliphatic carbocycles. The van der Waals surface area contributed by atoms with Crippen LogP contribution in [0.25, 0.3) is 0 Å². The largest absolute Gasteiger partial charge is 0.496 e. The summed E-state index contributed by atoms with van der Waals surface area (Å²) in [6.45, 7) is 3.39. The first-order valence-electron chi connectivity index (χ1n) is 8.95. The number of carbonyl (C=O) groups excluding carboxylic acids is 1. The Morgan fingerprint density at radius 2 is 1.86 bits per heavy atom. The van der Waals surface area contributed by atoms with Gasteiger partial charge in [0.1, 0.15) is 11.4 Å². The van der Waals surface area contributed by atoms with Crippen LogP contribution in [0.1, 0.15) is 12.5 Å². The monoisotopic (exact) mass is 386 g/mol. The second-order valence-corrected chi connectivity index (χ2v) is 6.55. The molecular weight excluding hydrogens is 360 g/mol. The lowest BCUT2D eigenvalue weighted by atomic mass is 10.2. The number of nitro benzene ring substituents is 1. The van der Waals surface area contributed by atoms with Gasteiger partial charge in [-0.05, 0) is 36.4 Å². The summed E-state index contributed by atoms with van der Waals surface area (Å²) in [6.07, 6.45) is 0. The number of benzene rings is 2. The molecule has 2 aromatic rings. The second kappa shape index (κ2) is 9.70. The smallest absolute Gasteiger partial charge is 0.296 e. The first kappa shape index (κ1) is 21.2. The van der Waals surface area contributed by atoms with Crippen LogP contribution in [0, 0.1) is 10.1 Å². The Morgan fingerprint density at radius 3 is 2.39 bits per heavy atom. The summed E-state index contributed by atoms with van der Waals surface area (Å²) in [6, 6.07) is 12.5. The number of ether oxygens (including phenoxy) is 1. The number of hydrogen-bond acceptors (Lipinski definition) is 6. The van der Waals surface area contributed by atoms with Crippen molar-refractivity contribution in [2.75, 3.05) is 44.5 Å². The molecule has 0 fully saturated rings. The van der Waals surface area contributed by atoms with E-state index in [-0.39, 0.29) is 23.8 Å². The number of nitrogens with one attached hydrogen (secondary N) is 1. The number of nitro groups is 1. The van der Waals surface area contributed by atoms with Crippen molar-refractivity contribution in [1.82, 2.24) is 4.90 Å². The molecule has 0 aromatic heterocycles. The van der Waals surface area contributed by atoms with Crippen LogP contribution in [0.4, 0.5) is 17.1 Å². The second-order valence-electron chi connectivity index (χ2n) is 6.55. The Labute approximate surface area is 164 Å². The van der Waals surface area contributed by atoms with E-state index in [4.69, 9.17) is 4.74 Å². The molecule has 8 heteroatoms. The van der Waals surface area contributed by atoms with Gasteiger partial charge in [-0.25, -0.2) is 0 Å². The van der Waals surface area contributed by atoms with Gasteiger partial charge in [-0.1, -0.05) is 19.1 Å². The molecule has 2 aromatic carbocycles. The average Bonchev–Trinajstić information content (AvgIpc) is 2.67. The highest BCUT2D eigenvalue weighted by atomic mass is 16.6. The van der Waals surface area contributed by atoms with E-state index in [0.29, 0.717) is 18.8 Å². The van der Waals surface area contributed by atoms with Crippen LogP contribution in [-0.2, 0) is 11.3 Å². The molecule has 28 heavy (non-hydrogen) atoms. The first-order chi connectivity index (χ1) is 13.3. The van der Waals surface area contributed by atoms with Crippen LogP contribution in [0.15, 0.2) is 42.5 Å². The van der Waals surface area contributed by atoms with Gasteiger partial charge in [0, 0.05) is 26.3 Å². The highest BCUT2D eigenvalue weighted by Gasteiger charge is 2.18. The lowest BCUT2D eigenvalue weighted by molar-refractivity contribution is -0.384. The predicted octanol–water partition coefficient (Wildman–Crippen LogP) is 3.13. The van der Waals surface area contributed by atoms with E-state index in [2.05, 4.69) is 5.32 Å². The summed E-state index contributed by atoms with van der Waals surface area (Å²) in [7, 11) is 5.40. The van der Waals surface area contributed by atoms with Gasteiger partial charge in [-0.3, -0.25) is 19.8 Å². The number of methoxy groups -OCH3 is 1. The lowest BCUT2D eigenvalue weighted by Crippen LogP contribution is -2.32. The van der Waals surface area contributed by atoms with E-state index < -0.39 is 4.92 Å². The maximum atomic E-state index is 12.4. The molecule has 0 heterocycles. The van der Waals surface area contributed by atoms with Gasteiger partial charge in [-0.15, -0.1) is 0 Å². The zero-order valence-electron chi connectivity index (χ0n) is 16.6. The summed E-state index contributed by atoms with van der Waals surface area (Å²) >= 11 is 0. The summed E-state index contributed by atoms with van der Waals surface area (Å²) in [4.78, 5) is 27.1. The zero-order chi connectivity index (χ0) is 20.7. The van der Waals surface area contributed by atoms with Crippen molar-refractivity contribution < 1.29 is 14.5 Å². The van der Waals surface area contributed by atoms with E-state index in [1.807, 2.05) is 55.1 Å². The maximum Gasteiger partial charge on any atom is 0.296 e. The molecule has 1 N–H and O–H groups in total. The van der Waals surface area contributed by atoms with Gasteiger partial charge in [-0.2, -0.15) is 0 Å². The Kier molecular flexibility index (Phi) is 7.34. The fourth-order valence-corrected chi connectivity index (χ4v) is 2.73. The quantitative estimate of drug-likeness (QED) is 0.526. The molecule has 0 aliphatic heterocycles. The molecule has 1 amide bonds. The van der Waals surface area contributed by atoms with Gasteiger partial charge in [0.05, 0.1) is 24.6 Å². The average molecular weight is 386 g/mol. The number of anilines is 2. The normalized spacial score (nSPS) is 10.6. The maximum absolute atomic E-state index is 12.4. The van der Waals surface area contributed by atoms with E-state index in [1.54, 1.807) is 6.07 Å². The van der Waals surface area contributed by atoms with Crippen LogP contribution in [0.5, 0.6) is 5.75 Å². The van der Waals surface area contributed by atoms with Gasteiger partial charge >= 0.3 is 0 Å². The molecule has 0 saturated heterocycles. The van der Waals surface area contributed by atoms with Crippen molar-refractivity contribution >= 4 is 23.0 Å². The van der Waals surface area contributed by atoms with Crippen molar-refractivity contribution in [2.45, 2.75) is 13.5 Å². The van der Waals surface area contributed by atoms with Crippen molar-refractivity contribution in [3.63, 3.8) is 0 Å². The molecule has 8 nitrogen and oxygen atoms in total. The fourth-order valence-electron chi connectivity index (χ4n) is 2.73. The number of rotatable bonds is 9. The van der Waals surface area contributed by atoms with Gasteiger partial charge < -0.3 is 15.0 Å². The van der Waals surface area contributed by atoms with Crippen molar-refractivity contribution in [3.05, 3.63) is 58.1 Å². The number of amides is 1. The van der Waals surface area contributed by atoms with Crippen molar-refractivity contribution in [2.24, 2.45) is 0 Å². The minimum Gasteiger partial charge on any atom is -0.496 e. The molecule has 0 atom stereocenters. The summed E-state index contributed by atoms with van der Waals surface area (Å²) in [5.41, 5.74) is 2.16. The topological polar surface area (TPSA) is 88.0 Å². The van der Waals surface area contributed by atoms with E-state index in [9.17, 15) is 14.9 Å². The van der Waals surface area contributed by atoms with Crippen LogP contribution >= 0.6 is 0 Å². The third-order valence-electron chi connectivity index (χ3n) is 4.35. The first-order valence-corrected chi connectivity index (χ1v) is 8.95. The van der Waals surface area contributed by atoms with Crippen LogP contribution < -0.4 is 15.0 Å². The van der Waals surface area contributed by atoms with Gasteiger partial charge in [0.2, 0.25) is 5.91 Å². The van der Waals surface area contributed by atoms with Crippen LogP contribution in [0.2, 0.25) is 0 Å². The van der Waals surface area contributed by atoms with E-state index in [0.717, 1.165) is 11.3 Å². The zero-order valence-corrected chi connectivity index (χ0v) is 16.6. The Bertz CT molecular complexity index is 821. The third-order valence-corrected chi connectivity index (χ3v) is 4.35. The SMILES string of the molecule is CCN(CC(=O)Nc1ccc(OC)cc1[N+](=O)[O-])Cc1ccc(N(C)C)cc1. The Hall–Kier alpha value is -3.13. The molecule has 0 radical (unpaired) electrons. The summed E-state index contributed by atoms with van der Waals surface area (Å²) in [5.74, 6) is 0.0566. The minimum absolute atomic E-state index is 0.134. The molecule has 0 unspecified atom stereocenters. The number of carbonyl (C=O) groups is 1. The summed E-state index contributed by atoms with van der Waals surface area (Å²) in [5, 5.41) is 13.9. The van der Waals surface area contributed by atoms with Crippen LogP contribution in [-0.4, -0.2) is 50.0 Å². The number of likely N-dealkylation sites (N-methyl/N-ethyl adjacent to an activating group) is 1. The Balaban J connectivity index is 2.03. The van der Waals surface area contributed by atoms with Crippen molar-refractivity contribution in [3.8, 4) is 5.75 Å². The Morgan fingerprint density at radius 1 is 1.18 bits per heavy atom. The molecule has 0 bridgehead atoms. The number of hydrogen-bond donors (Lipinski definition) is 1. The fraction of sp³-hybridized carbons (Fsp3) is 0.350. The van der Waals surface area contributed by atoms with Crippen molar-refractivity contribution in [1.29, 1.82) is 0 Å². The molecule has 0 saturated carbocycles. The predicted molar refractivity (Wildman–Crippen MR) is 110 cm³/mol. The molecule has 150 valence electrons. The molecular formula is C20H26N4O4. The van der Waals surface area contributed by atoms with Gasteiger partial charge in [0.25, 0.3) is 5.69 Å². The molecule has 2 rings (SSSR count). The van der Waals surface area contributed by atoms with Crippen LogP contribution in [0.3, 0.4) is 0 Å². The molecule has 0 spiro atoms. The highest BCUT2D eigenvalue weighted by Crippen LogP contribution is 2.28. The summed E-state index contributed by atoms with van der Waals surface area (Å²) < 4.78 is 5.01. The third kappa shape index (κ3) is 5.68. The highest BCUT2D eigenvalue weighted by molar-refractivity contribution is 5.94. The van der Waals surface area contributed by atoms with Gasteiger partial charge in [0.15, 0.2) is 0 Å².